The summed E-state index contributed by atoms with van der Waals surface area (Å²) in [6.07, 6.45) is 41.3. The van der Waals surface area contributed by atoms with Gasteiger partial charge in [-0.3, -0.25) is 9.59 Å². The molecule has 250 valence electrons. The molecule has 4 N–H and O–H groups in total. The van der Waals surface area contributed by atoms with E-state index in [1.807, 2.05) is 0 Å². The van der Waals surface area contributed by atoms with Crippen LogP contribution in [0.25, 0.3) is 0 Å². The van der Waals surface area contributed by atoms with Gasteiger partial charge in [0, 0.05) is 12.8 Å². The zero-order valence-electron chi connectivity index (χ0n) is 28.8. The molecule has 0 aromatic carbocycles. The number of nitrogens with two attached hydrogens (primary N) is 2. The van der Waals surface area contributed by atoms with E-state index < -0.39 is 0 Å². The van der Waals surface area contributed by atoms with Crippen LogP contribution in [0.2, 0.25) is 0 Å². The lowest BCUT2D eigenvalue weighted by molar-refractivity contribution is -0.119. The maximum atomic E-state index is 11.1. The normalized spacial score (nSPS) is 12.9. The summed E-state index contributed by atoms with van der Waals surface area (Å²) in [5.74, 6) is 1.46. The number of hydrogen-bond acceptors (Lipinski definition) is 2. The highest BCUT2D eigenvalue weighted by molar-refractivity contribution is 5.73. The molecule has 0 heterocycles. The third kappa shape index (κ3) is 31.9. The molecule has 0 fully saturated rings. The van der Waals surface area contributed by atoms with Gasteiger partial charge >= 0.3 is 0 Å². The topological polar surface area (TPSA) is 86.2 Å². The Bertz CT molecular complexity index is 579. The minimum Gasteiger partial charge on any atom is -0.370 e. The van der Waals surface area contributed by atoms with Crippen LogP contribution in [0.15, 0.2) is 0 Å². The Morgan fingerprint density at radius 3 is 0.857 bits per heavy atom. The fourth-order valence-corrected chi connectivity index (χ4v) is 6.64. The number of primary amides is 2. The Morgan fingerprint density at radius 1 is 0.357 bits per heavy atom. The summed E-state index contributed by atoms with van der Waals surface area (Å²) in [5, 5.41) is 0. The standard InChI is InChI=1S/C38H76N2O2/c1-3-5-7-9-11-13-16-22-28-36(30-24-19-20-26-32-38(40)42)34-33-35(27-21-15-12-10-8-6-4-2)29-23-17-14-18-25-31-37(39)41/h35-36H,3-34H2,1-2H3,(H2,39,41)(H2,40,42). The molecule has 2 unspecified atom stereocenters. The van der Waals surface area contributed by atoms with Gasteiger partial charge in [0.1, 0.15) is 0 Å². The van der Waals surface area contributed by atoms with Crippen LogP contribution in [-0.4, -0.2) is 11.8 Å². The van der Waals surface area contributed by atoms with E-state index in [4.69, 9.17) is 11.5 Å². The summed E-state index contributed by atoms with van der Waals surface area (Å²) in [7, 11) is 0. The second-order valence-electron chi connectivity index (χ2n) is 13.7. The molecule has 42 heavy (non-hydrogen) atoms. The molecule has 2 amide bonds. The van der Waals surface area contributed by atoms with Gasteiger partial charge in [-0.25, -0.2) is 0 Å². The van der Waals surface area contributed by atoms with E-state index in [1.165, 1.54) is 167 Å². The zero-order valence-corrected chi connectivity index (χ0v) is 28.8. The molecule has 0 saturated carbocycles. The van der Waals surface area contributed by atoms with E-state index >= 15 is 0 Å². The van der Waals surface area contributed by atoms with Gasteiger partial charge in [0.05, 0.1) is 0 Å². The maximum absolute atomic E-state index is 11.1. The number of carbonyl (C=O) groups is 2. The van der Waals surface area contributed by atoms with Crippen LogP contribution in [0.3, 0.4) is 0 Å². The molecule has 0 aliphatic carbocycles. The van der Waals surface area contributed by atoms with Crippen molar-refractivity contribution in [2.24, 2.45) is 23.3 Å². The molecule has 0 saturated heterocycles. The third-order valence-electron chi connectivity index (χ3n) is 9.49. The van der Waals surface area contributed by atoms with Crippen molar-refractivity contribution in [2.45, 2.75) is 219 Å². The number of hydrogen-bond donors (Lipinski definition) is 2. The predicted octanol–water partition coefficient (Wildman–Crippen LogP) is 11.7. The molecular formula is C38H76N2O2. The second-order valence-corrected chi connectivity index (χ2v) is 13.7. The first-order valence-electron chi connectivity index (χ1n) is 19.1. The molecule has 0 spiro atoms. The maximum Gasteiger partial charge on any atom is 0.217 e. The molecular weight excluding hydrogens is 516 g/mol. The first-order valence-corrected chi connectivity index (χ1v) is 19.1. The Balaban J connectivity index is 4.64. The van der Waals surface area contributed by atoms with Crippen molar-refractivity contribution in [3.8, 4) is 0 Å². The Morgan fingerprint density at radius 2 is 0.595 bits per heavy atom. The van der Waals surface area contributed by atoms with Crippen LogP contribution in [0, 0.1) is 11.8 Å². The van der Waals surface area contributed by atoms with Crippen LogP contribution in [0.4, 0.5) is 0 Å². The van der Waals surface area contributed by atoms with E-state index in [2.05, 4.69) is 13.8 Å². The van der Waals surface area contributed by atoms with Gasteiger partial charge in [0.25, 0.3) is 0 Å². The largest absolute Gasteiger partial charge is 0.370 e. The fourth-order valence-electron chi connectivity index (χ4n) is 6.64. The summed E-state index contributed by atoms with van der Waals surface area (Å²) in [6.45, 7) is 4.60. The van der Waals surface area contributed by atoms with E-state index in [0.717, 1.165) is 37.5 Å². The Labute approximate surface area is 263 Å². The molecule has 0 aliphatic heterocycles. The summed E-state index contributed by atoms with van der Waals surface area (Å²) in [6, 6.07) is 0. The summed E-state index contributed by atoms with van der Waals surface area (Å²) in [4.78, 5) is 22.0. The van der Waals surface area contributed by atoms with Gasteiger partial charge < -0.3 is 11.5 Å². The average molecular weight is 593 g/mol. The minimum absolute atomic E-state index is 0.153. The van der Waals surface area contributed by atoms with Gasteiger partial charge in [-0.05, 0) is 24.7 Å². The number of carbonyl (C=O) groups excluding carboxylic acids is 2. The van der Waals surface area contributed by atoms with Crippen LogP contribution < -0.4 is 11.5 Å². The van der Waals surface area contributed by atoms with Gasteiger partial charge in [0.15, 0.2) is 0 Å². The molecule has 4 heteroatoms. The van der Waals surface area contributed by atoms with E-state index in [1.54, 1.807) is 0 Å². The van der Waals surface area contributed by atoms with Gasteiger partial charge in [-0.2, -0.15) is 0 Å². The monoisotopic (exact) mass is 593 g/mol. The molecule has 2 atom stereocenters. The smallest absolute Gasteiger partial charge is 0.217 e. The van der Waals surface area contributed by atoms with Crippen molar-refractivity contribution in [2.75, 3.05) is 0 Å². The Kier molecular flexibility index (Phi) is 32.0. The lowest BCUT2D eigenvalue weighted by Gasteiger charge is -2.22. The van der Waals surface area contributed by atoms with E-state index in [9.17, 15) is 9.59 Å². The third-order valence-corrected chi connectivity index (χ3v) is 9.49. The summed E-state index contributed by atoms with van der Waals surface area (Å²) in [5.41, 5.74) is 10.6. The highest BCUT2D eigenvalue weighted by Crippen LogP contribution is 2.29. The second kappa shape index (κ2) is 32.8. The highest BCUT2D eigenvalue weighted by atomic mass is 16.1. The van der Waals surface area contributed by atoms with Crippen molar-refractivity contribution in [1.29, 1.82) is 0 Å². The van der Waals surface area contributed by atoms with Crippen molar-refractivity contribution in [1.82, 2.24) is 0 Å². The van der Waals surface area contributed by atoms with E-state index in [0.29, 0.717) is 12.8 Å². The number of rotatable bonds is 35. The first-order chi connectivity index (χ1) is 20.5. The van der Waals surface area contributed by atoms with Crippen LogP contribution in [0.1, 0.15) is 219 Å². The van der Waals surface area contributed by atoms with Gasteiger partial charge in [0.2, 0.25) is 11.8 Å². The lowest BCUT2D eigenvalue weighted by Crippen LogP contribution is -2.09. The SMILES string of the molecule is CCCCCCCCCCC(CCCCCCC(N)=O)CCC(CCCCCCCCC)CCCCCCCC(N)=O. The van der Waals surface area contributed by atoms with Crippen molar-refractivity contribution in [3.63, 3.8) is 0 Å². The number of amides is 2. The quantitative estimate of drug-likeness (QED) is 0.0717. The zero-order chi connectivity index (χ0) is 30.9. The first kappa shape index (κ1) is 40.9. The molecule has 0 rings (SSSR count). The predicted molar refractivity (Wildman–Crippen MR) is 184 cm³/mol. The van der Waals surface area contributed by atoms with Crippen LogP contribution in [0.5, 0.6) is 0 Å². The Hall–Kier alpha value is -1.06. The number of unbranched alkanes of at least 4 members (excludes halogenated alkanes) is 20. The molecule has 4 nitrogen and oxygen atoms in total. The minimum atomic E-state index is -0.156. The highest BCUT2D eigenvalue weighted by Gasteiger charge is 2.14. The fraction of sp³-hybridized carbons (Fsp3) is 0.947. The van der Waals surface area contributed by atoms with Crippen LogP contribution in [-0.2, 0) is 9.59 Å². The molecule has 0 radical (unpaired) electrons. The van der Waals surface area contributed by atoms with Crippen molar-refractivity contribution < 1.29 is 9.59 Å². The average Bonchev–Trinajstić information content (AvgIpc) is 2.96. The molecule has 0 aromatic heterocycles. The molecule has 0 aliphatic rings. The van der Waals surface area contributed by atoms with Gasteiger partial charge in [-0.1, -0.05) is 194 Å². The van der Waals surface area contributed by atoms with Crippen molar-refractivity contribution in [3.05, 3.63) is 0 Å². The van der Waals surface area contributed by atoms with E-state index in [-0.39, 0.29) is 11.8 Å². The van der Waals surface area contributed by atoms with Crippen LogP contribution >= 0.6 is 0 Å². The summed E-state index contributed by atoms with van der Waals surface area (Å²) < 4.78 is 0. The summed E-state index contributed by atoms with van der Waals surface area (Å²) >= 11 is 0. The van der Waals surface area contributed by atoms with Crippen molar-refractivity contribution >= 4 is 11.8 Å². The molecule has 0 aromatic rings. The molecule has 0 bridgehead atoms. The lowest BCUT2D eigenvalue weighted by atomic mass is 9.84. The van der Waals surface area contributed by atoms with Gasteiger partial charge in [-0.15, -0.1) is 0 Å².